The van der Waals surface area contributed by atoms with Gasteiger partial charge in [-0.05, 0) is 50.7 Å². The first kappa shape index (κ1) is 15.4. The number of rotatable bonds is 3. The van der Waals surface area contributed by atoms with Crippen molar-refractivity contribution in [1.29, 1.82) is 0 Å². The van der Waals surface area contributed by atoms with Crippen LogP contribution in [0.5, 0.6) is 0 Å². The van der Waals surface area contributed by atoms with Gasteiger partial charge in [-0.3, -0.25) is 0 Å². The standard InChI is InChI=1S/C19H23FN4/c1-22-11-8-17(9-12-22)24-10-2-3-18-19(24)23(14-21-18)13-15-4-6-16(20)7-5-15/h2,4-7,10,14,17H,3,8-9,11-13H2,1H3. The number of anilines is 1. The second kappa shape index (κ2) is 6.40. The van der Waals surface area contributed by atoms with E-state index < -0.39 is 0 Å². The van der Waals surface area contributed by atoms with Gasteiger partial charge in [0.2, 0.25) is 0 Å². The number of hydrogen-bond donors (Lipinski definition) is 0. The van der Waals surface area contributed by atoms with Gasteiger partial charge >= 0.3 is 0 Å². The van der Waals surface area contributed by atoms with Gasteiger partial charge in [-0.1, -0.05) is 18.2 Å². The third-order valence-corrected chi connectivity index (χ3v) is 5.05. The van der Waals surface area contributed by atoms with E-state index in [2.05, 4.69) is 38.7 Å². The second-order valence-corrected chi connectivity index (χ2v) is 6.80. The second-order valence-electron chi connectivity index (χ2n) is 6.80. The fraction of sp³-hybridized carbons (Fsp3) is 0.421. The summed E-state index contributed by atoms with van der Waals surface area (Å²) in [7, 11) is 2.19. The number of piperidine rings is 1. The minimum Gasteiger partial charge on any atom is -0.330 e. The monoisotopic (exact) mass is 326 g/mol. The number of likely N-dealkylation sites (tertiary alicyclic amines) is 1. The van der Waals surface area contributed by atoms with Crippen LogP contribution in [0.15, 0.2) is 42.9 Å². The third kappa shape index (κ3) is 2.96. The van der Waals surface area contributed by atoms with Gasteiger partial charge in [0.1, 0.15) is 11.6 Å². The van der Waals surface area contributed by atoms with Crippen LogP contribution < -0.4 is 4.90 Å². The van der Waals surface area contributed by atoms with Gasteiger partial charge in [-0.2, -0.15) is 0 Å². The van der Waals surface area contributed by atoms with Gasteiger partial charge < -0.3 is 14.4 Å². The maximum absolute atomic E-state index is 13.1. The molecule has 1 aromatic heterocycles. The third-order valence-electron chi connectivity index (χ3n) is 5.05. The molecule has 2 aliphatic heterocycles. The number of fused-ring (bicyclic) bond motifs is 1. The van der Waals surface area contributed by atoms with E-state index in [-0.39, 0.29) is 5.82 Å². The molecular weight excluding hydrogens is 303 g/mol. The Morgan fingerprint density at radius 3 is 2.67 bits per heavy atom. The van der Waals surface area contributed by atoms with E-state index in [9.17, 15) is 4.39 Å². The van der Waals surface area contributed by atoms with Gasteiger partial charge in [-0.15, -0.1) is 0 Å². The lowest BCUT2D eigenvalue weighted by Crippen LogP contribution is -2.43. The molecule has 0 aliphatic carbocycles. The highest BCUT2D eigenvalue weighted by atomic mass is 19.1. The summed E-state index contributed by atoms with van der Waals surface area (Å²) in [5, 5.41) is 0. The van der Waals surface area contributed by atoms with Crippen molar-refractivity contribution in [3.63, 3.8) is 0 Å². The lowest BCUT2D eigenvalue weighted by atomic mass is 10.0. The van der Waals surface area contributed by atoms with Crippen LogP contribution in [0.3, 0.4) is 0 Å². The molecule has 1 saturated heterocycles. The van der Waals surface area contributed by atoms with Crippen molar-refractivity contribution < 1.29 is 4.39 Å². The molecule has 4 rings (SSSR count). The molecule has 2 aromatic rings. The molecule has 0 unspecified atom stereocenters. The zero-order chi connectivity index (χ0) is 16.5. The number of hydrogen-bond acceptors (Lipinski definition) is 3. The fourth-order valence-corrected chi connectivity index (χ4v) is 3.68. The Morgan fingerprint density at radius 2 is 1.92 bits per heavy atom. The summed E-state index contributed by atoms with van der Waals surface area (Å²) in [6, 6.07) is 7.27. The van der Waals surface area contributed by atoms with Crippen LogP contribution in [0.1, 0.15) is 24.1 Å². The quantitative estimate of drug-likeness (QED) is 0.866. The smallest absolute Gasteiger partial charge is 0.136 e. The average Bonchev–Trinajstić information content (AvgIpc) is 3.01. The summed E-state index contributed by atoms with van der Waals surface area (Å²) in [6.07, 6.45) is 9.57. The Labute approximate surface area is 142 Å². The molecule has 1 fully saturated rings. The van der Waals surface area contributed by atoms with Crippen molar-refractivity contribution in [2.45, 2.75) is 31.8 Å². The number of allylic oxidation sites excluding steroid dienone is 1. The molecule has 5 heteroatoms. The molecular formula is C19H23FN4. The molecule has 2 aliphatic rings. The number of nitrogens with zero attached hydrogens (tertiary/aromatic N) is 4. The SMILES string of the molecule is CN1CCC(N2C=CCc3ncn(Cc4ccc(F)cc4)c32)CC1. The van der Waals surface area contributed by atoms with Crippen LogP contribution in [0.2, 0.25) is 0 Å². The van der Waals surface area contributed by atoms with Crippen molar-refractivity contribution in [2.75, 3.05) is 25.0 Å². The van der Waals surface area contributed by atoms with E-state index in [1.807, 2.05) is 18.5 Å². The summed E-state index contributed by atoms with van der Waals surface area (Å²) >= 11 is 0. The maximum atomic E-state index is 13.1. The summed E-state index contributed by atoms with van der Waals surface area (Å²) in [5.41, 5.74) is 2.23. The van der Waals surface area contributed by atoms with Gasteiger partial charge in [0, 0.05) is 18.7 Å². The van der Waals surface area contributed by atoms with Gasteiger partial charge in [-0.25, -0.2) is 9.37 Å². The highest BCUT2D eigenvalue weighted by molar-refractivity contribution is 5.53. The summed E-state index contributed by atoms with van der Waals surface area (Å²) < 4.78 is 15.3. The van der Waals surface area contributed by atoms with E-state index >= 15 is 0 Å². The lowest BCUT2D eigenvalue weighted by Gasteiger charge is -2.38. The Morgan fingerprint density at radius 1 is 1.17 bits per heavy atom. The normalized spacial score (nSPS) is 18.8. The Balaban J connectivity index is 1.60. The highest BCUT2D eigenvalue weighted by Gasteiger charge is 2.28. The summed E-state index contributed by atoms with van der Waals surface area (Å²) in [6.45, 7) is 2.99. The molecule has 0 bridgehead atoms. The Bertz CT molecular complexity index is 726. The molecule has 24 heavy (non-hydrogen) atoms. The first-order valence-corrected chi connectivity index (χ1v) is 8.63. The van der Waals surface area contributed by atoms with Crippen LogP contribution in [0, 0.1) is 5.82 Å². The first-order chi connectivity index (χ1) is 11.7. The van der Waals surface area contributed by atoms with Crippen LogP contribution in [0.4, 0.5) is 10.2 Å². The maximum Gasteiger partial charge on any atom is 0.136 e. The van der Waals surface area contributed by atoms with Gasteiger partial charge in [0.25, 0.3) is 0 Å². The van der Waals surface area contributed by atoms with Crippen molar-refractivity contribution in [1.82, 2.24) is 14.5 Å². The van der Waals surface area contributed by atoms with Crippen LogP contribution in [0.25, 0.3) is 0 Å². The lowest BCUT2D eigenvalue weighted by molar-refractivity contribution is 0.253. The van der Waals surface area contributed by atoms with Crippen molar-refractivity contribution >= 4 is 5.82 Å². The van der Waals surface area contributed by atoms with Crippen molar-refractivity contribution in [2.24, 2.45) is 0 Å². The first-order valence-electron chi connectivity index (χ1n) is 8.63. The molecule has 0 radical (unpaired) electrons. The van der Waals surface area contributed by atoms with Gasteiger partial charge in [0.15, 0.2) is 0 Å². The number of benzene rings is 1. The molecule has 4 nitrogen and oxygen atoms in total. The van der Waals surface area contributed by atoms with Crippen LogP contribution >= 0.6 is 0 Å². The van der Waals surface area contributed by atoms with E-state index in [0.29, 0.717) is 6.04 Å². The fourth-order valence-electron chi connectivity index (χ4n) is 3.68. The number of halogens is 1. The van der Waals surface area contributed by atoms with Crippen molar-refractivity contribution in [3.05, 3.63) is 59.9 Å². The van der Waals surface area contributed by atoms with E-state index in [1.54, 1.807) is 0 Å². The molecule has 1 aromatic carbocycles. The minimum atomic E-state index is -0.192. The Hall–Kier alpha value is -2.14. The Kier molecular flexibility index (Phi) is 4.10. The molecule has 0 spiro atoms. The van der Waals surface area contributed by atoms with Crippen LogP contribution in [-0.2, 0) is 13.0 Å². The average molecular weight is 326 g/mol. The van der Waals surface area contributed by atoms with Crippen molar-refractivity contribution in [3.8, 4) is 0 Å². The summed E-state index contributed by atoms with van der Waals surface area (Å²) in [4.78, 5) is 9.41. The molecule has 0 atom stereocenters. The van der Waals surface area contributed by atoms with Gasteiger partial charge in [0.05, 0.1) is 18.6 Å². The number of aromatic nitrogens is 2. The molecule has 0 N–H and O–H groups in total. The molecule has 0 saturated carbocycles. The molecule has 0 amide bonds. The van der Waals surface area contributed by atoms with E-state index in [0.717, 1.165) is 37.3 Å². The number of imidazole rings is 1. The topological polar surface area (TPSA) is 24.3 Å². The zero-order valence-electron chi connectivity index (χ0n) is 14.0. The van der Waals surface area contributed by atoms with E-state index in [4.69, 9.17) is 0 Å². The predicted octanol–water partition coefficient (Wildman–Crippen LogP) is 3.04. The molecule has 3 heterocycles. The highest BCUT2D eigenvalue weighted by Crippen LogP contribution is 2.31. The predicted molar refractivity (Wildman–Crippen MR) is 93.6 cm³/mol. The zero-order valence-corrected chi connectivity index (χ0v) is 14.0. The van der Waals surface area contributed by atoms with E-state index in [1.165, 1.54) is 30.8 Å². The van der Waals surface area contributed by atoms with Crippen LogP contribution in [-0.4, -0.2) is 40.6 Å². The largest absolute Gasteiger partial charge is 0.330 e. The summed E-state index contributed by atoms with van der Waals surface area (Å²) in [5.74, 6) is 1.01. The molecule has 126 valence electrons. The minimum absolute atomic E-state index is 0.192.